The number of carbonyl (C=O) groups is 1. The first kappa shape index (κ1) is 12.6. The van der Waals surface area contributed by atoms with Gasteiger partial charge in [-0.1, -0.05) is 25.1 Å². The van der Waals surface area contributed by atoms with Crippen molar-refractivity contribution in [2.75, 3.05) is 10.6 Å². The van der Waals surface area contributed by atoms with E-state index in [1.807, 2.05) is 18.2 Å². The van der Waals surface area contributed by atoms with Crippen molar-refractivity contribution in [1.29, 1.82) is 0 Å². The molecule has 2 N–H and O–H groups in total. The molecule has 1 spiro atoms. The molecule has 1 amide bonds. The third-order valence-corrected chi connectivity index (χ3v) is 4.95. The third-order valence-electron chi connectivity index (χ3n) is 4.95. The highest BCUT2D eigenvalue weighted by atomic mass is 16.2. The minimum atomic E-state index is -0.441. The minimum absolute atomic E-state index is 0.0963. The second kappa shape index (κ2) is 4.45. The Bertz CT molecular complexity index is 717. The lowest BCUT2D eigenvalue weighted by Gasteiger charge is -2.43. The first-order valence-electron chi connectivity index (χ1n) is 7.65. The summed E-state index contributed by atoms with van der Waals surface area (Å²) in [6.07, 6.45) is 5.74. The Labute approximate surface area is 124 Å². The number of pyridine rings is 1. The summed E-state index contributed by atoms with van der Waals surface area (Å²) in [5.74, 6) is 0.805. The molecule has 2 heterocycles. The Balaban J connectivity index is 1.82. The van der Waals surface area contributed by atoms with Gasteiger partial charge in [0.25, 0.3) is 0 Å². The maximum atomic E-state index is 12.6. The molecule has 0 bridgehead atoms. The largest absolute Gasteiger partial charge is 0.369 e. The van der Waals surface area contributed by atoms with E-state index in [2.05, 4.69) is 28.6 Å². The summed E-state index contributed by atoms with van der Waals surface area (Å²) < 4.78 is 0. The predicted octanol–water partition coefficient (Wildman–Crippen LogP) is 3.55. The lowest BCUT2D eigenvalue weighted by atomic mass is 9.75. The van der Waals surface area contributed by atoms with E-state index < -0.39 is 5.54 Å². The van der Waals surface area contributed by atoms with Gasteiger partial charge in [0.15, 0.2) is 0 Å². The van der Waals surface area contributed by atoms with Crippen LogP contribution in [0.15, 0.2) is 30.5 Å². The molecule has 21 heavy (non-hydrogen) atoms. The number of hydrogen-bond acceptors (Lipinski definition) is 3. The van der Waals surface area contributed by atoms with Crippen molar-refractivity contribution >= 4 is 28.2 Å². The maximum absolute atomic E-state index is 12.6. The van der Waals surface area contributed by atoms with E-state index in [0.29, 0.717) is 5.92 Å². The summed E-state index contributed by atoms with van der Waals surface area (Å²) in [5.41, 5.74) is 2.33. The maximum Gasteiger partial charge on any atom is 0.250 e. The van der Waals surface area contributed by atoms with Crippen LogP contribution in [0.2, 0.25) is 0 Å². The van der Waals surface area contributed by atoms with E-state index >= 15 is 0 Å². The average molecular weight is 281 g/mol. The average Bonchev–Trinajstić information content (AvgIpc) is 2.51. The molecule has 1 saturated carbocycles. The summed E-state index contributed by atoms with van der Waals surface area (Å²) in [6, 6.07) is 8.06. The number of anilines is 2. The van der Waals surface area contributed by atoms with Crippen LogP contribution in [0, 0.1) is 5.92 Å². The fourth-order valence-electron chi connectivity index (χ4n) is 3.52. The predicted molar refractivity (Wildman–Crippen MR) is 84.4 cm³/mol. The zero-order valence-electron chi connectivity index (χ0n) is 12.1. The molecule has 2 aromatic rings. The molecule has 1 aliphatic carbocycles. The van der Waals surface area contributed by atoms with E-state index in [0.717, 1.165) is 48.0 Å². The van der Waals surface area contributed by atoms with Crippen molar-refractivity contribution in [1.82, 2.24) is 4.98 Å². The van der Waals surface area contributed by atoms with Crippen LogP contribution in [-0.4, -0.2) is 16.4 Å². The number of hydrogen-bond donors (Lipinski definition) is 2. The van der Waals surface area contributed by atoms with Gasteiger partial charge in [-0.15, -0.1) is 0 Å². The summed E-state index contributed by atoms with van der Waals surface area (Å²) in [4.78, 5) is 17.0. The number of nitrogens with one attached hydrogen (secondary N) is 2. The number of benzene rings is 1. The summed E-state index contributed by atoms with van der Waals surface area (Å²) in [7, 11) is 0. The zero-order chi connectivity index (χ0) is 14.4. The van der Waals surface area contributed by atoms with Gasteiger partial charge in [-0.25, -0.2) is 0 Å². The normalized spacial score (nSPS) is 28.0. The van der Waals surface area contributed by atoms with E-state index in [9.17, 15) is 4.79 Å². The second-order valence-electron chi connectivity index (χ2n) is 6.41. The lowest BCUT2D eigenvalue weighted by molar-refractivity contribution is -0.121. The first-order chi connectivity index (χ1) is 10.2. The number of aromatic nitrogens is 1. The third kappa shape index (κ3) is 1.89. The molecule has 0 atom stereocenters. The standard InChI is InChI=1S/C17H19N3O/c1-11-6-8-17(9-7-11)16(21)19-14-10-18-13-5-3-2-4-12(13)15(14)20-17/h2-5,10-11,20H,6-9H2,1H3,(H,19,21). The number of rotatable bonds is 0. The molecule has 4 heteroatoms. The zero-order valence-corrected chi connectivity index (χ0v) is 12.1. The van der Waals surface area contributed by atoms with Gasteiger partial charge in [0, 0.05) is 5.39 Å². The molecule has 1 aromatic heterocycles. The van der Waals surface area contributed by atoms with Crippen LogP contribution in [0.3, 0.4) is 0 Å². The number of para-hydroxylation sites is 1. The van der Waals surface area contributed by atoms with Gasteiger partial charge in [-0.3, -0.25) is 9.78 Å². The van der Waals surface area contributed by atoms with Crippen molar-refractivity contribution in [3.8, 4) is 0 Å². The van der Waals surface area contributed by atoms with Crippen LogP contribution in [0.1, 0.15) is 32.6 Å². The smallest absolute Gasteiger partial charge is 0.250 e. The van der Waals surface area contributed by atoms with Crippen molar-refractivity contribution in [2.24, 2.45) is 5.92 Å². The summed E-state index contributed by atoms with van der Waals surface area (Å²) in [5, 5.41) is 7.71. The highest BCUT2D eigenvalue weighted by Crippen LogP contribution is 2.42. The molecular weight excluding hydrogens is 262 g/mol. The molecule has 0 unspecified atom stereocenters. The van der Waals surface area contributed by atoms with Crippen LogP contribution in [0.5, 0.6) is 0 Å². The van der Waals surface area contributed by atoms with Gasteiger partial charge in [-0.2, -0.15) is 0 Å². The number of amides is 1. The van der Waals surface area contributed by atoms with Crippen molar-refractivity contribution in [2.45, 2.75) is 38.1 Å². The summed E-state index contributed by atoms with van der Waals surface area (Å²) in [6.45, 7) is 2.26. The number of nitrogens with zero attached hydrogens (tertiary/aromatic N) is 1. The fourth-order valence-corrected chi connectivity index (χ4v) is 3.52. The highest BCUT2D eigenvalue weighted by molar-refractivity contribution is 6.11. The first-order valence-corrected chi connectivity index (χ1v) is 7.65. The van der Waals surface area contributed by atoms with Gasteiger partial charge < -0.3 is 10.6 Å². The topological polar surface area (TPSA) is 54.0 Å². The minimum Gasteiger partial charge on any atom is -0.369 e. The Morgan fingerprint density at radius 2 is 2.00 bits per heavy atom. The van der Waals surface area contributed by atoms with Crippen LogP contribution in [0.4, 0.5) is 11.4 Å². The molecule has 1 fully saturated rings. The Morgan fingerprint density at radius 1 is 1.24 bits per heavy atom. The van der Waals surface area contributed by atoms with E-state index in [1.54, 1.807) is 6.20 Å². The lowest BCUT2D eigenvalue weighted by Crippen LogP contribution is -2.54. The Kier molecular flexibility index (Phi) is 2.67. The highest BCUT2D eigenvalue weighted by Gasteiger charge is 2.44. The molecule has 0 radical (unpaired) electrons. The van der Waals surface area contributed by atoms with Crippen LogP contribution >= 0.6 is 0 Å². The van der Waals surface area contributed by atoms with Crippen LogP contribution < -0.4 is 10.6 Å². The van der Waals surface area contributed by atoms with E-state index in [1.165, 1.54) is 0 Å². The van der Waals surface area contributed by atoms with Crippen LogP contribution in [0.25, 0.3) is 10.9 Å². The Hall–Kier alpha value is -2.10. The molecule has 108 valence electrons. The van der Waals surface area contributed by atoms with E-state index in [-0.39, 0.29) is 5.91 Å². The van der Waals surface area contributed by atoms with Gasteiger partial charge in [0.1, 0.15) is 5.54 Å². The quantitative estimate of drug-likeness (QED) is 0.776. The molecule has 1 aromatic carbocycles. The van der Waals surface area contributed by atoms with Crippen molar-refractivity contribution in [3.05, 3.63) is 30.5 Å². The molecule has 0 saturated heterocycles. The number of fused-ring (bicyclic) bond motifs is 3. The monoisotopic (exact) mass is 281 g/mol. The molecular formula is C17H19N3O. The SMILES string of the molecule is CC1CCC2(CC1)Nc1c(cnc3ccccc13)NC2=O. The van der Waals surface area contributed by atoms with Crippen molar-refractivity contribution in [3.63, 3.8) is 0 Å². The van der Waals surface area contributed by atoms with Gasteiger partial charge >= 0.3 is 0 Å². The molecule has 2 aliphatic rings. The molecule has 1 aliphatic heterocycles. The molecule has 4 nitrogen and oxygen atoms in total. The van der Waals surface area contributed by atoms with Gasteiger partial charge in [0.2, 0.25) is 5.91 Å². The van der Waals surface area contributed by atoms with Crippen LogP contribution in [-0.2, 0) is 4.79 Å². The number of carbonyl (C=O) groups excluding carboxylic acids is 1. The second-order valence-corrected chi connectivity index (χ2v) is 6.41. The van der Waals surface area contributed by atoms with Gasteiger partial charge in [0.05, 0.1) is 23.1 Å². The van der Waals surface area contributed by atoms with Crippen molar-refractivity contribution < 1.29 is 4.79 Å². The van der Waals surface area contributed by atoms with Gasteiger partial charge in [-0.05, 0) is 37.7 Å². The van der Waals surface area contributed by atoms with E-state index in [4.69, 9.17) is 0 Å². The molecule has 4 rings (SSSR count). The fraction of sp³-hybridized carbons (Fsp3) is 0.412. The Morgan fingerprint density at radius 3 is 2.81 bits per heavy atom. The summed E-state index contributed by atoms with van der Waals surface area (Å²) >= 11 is 0.